The van der Waals surface area contributed by atoms with E-state index >= 15 is 0 Å². The fraction of sp³-hybridized carbons (Fsp3) is 0.0714. The molecule has 2 nitrogen and oxygen atoms in total. The first-order chi connectivity index (χ1) is 8.36. The first-order valence-corrected chi connectivity index (χ1v) is 6.31. The number of thiophene rings is 1. The summed E-state index contributed by atoms with van der Waals surface area (Å²) in [4.78, 5) is 0. The molecular formula is C14H10N2S. The smallest absolute Gasteiger partial charge is 0.0991 e. The van der Waals surface area contributed by atoms with E-state index in [0.717, 1.165) is 11.9 Å². The molecule has 0 spiro atoms. The lowest BCUT2D eigenvalue weighted by Gasteiger charge is -2.03. The largest absolute Gasteiger partial charge is 0.343 e. The van der Waals surface area contributed by atoms with E-state index in [-0.39, 0.29) is 0 Å². The second-order valence-corrected chi connectivity index (χ2v) is 4.74. The van der Waals surface area contributed by atoms with Crippen LogP contribution < -0.4 is 0 Å². The van der Waals surface area contributed by atoms with Gasteiger partial charge in [0.15, 0.2) is 0 Å². The maximum atomic E-state index is 8.86. The molecule has 0 amide bonds. The monoisotopic (exact) mass is 238 g/mol. The molecule has 3 rings (SSSR count). The number of nitrogens with zero attached hydrogens (tertiary/aromatic N) is 2. The van der Waals surface area contributed by atoms with Crippen LogP contribution in [-0.4, -0.2) is 4.57 Å². The van der Waals surface area contributed by atoms with Crippen LogP contribution >= 0.6 is 11.3 Å². The predicted octanol–water partition coefficient (Wildman–Crippen LogP) is 3.62. The molecule has 0 radical (unpaired) electrons. The summed E-state index contributed by atoms with van der Waals surface area (Å²) >= 11 is 1.72. The van der Waals surface area contributed by atoms with Crippen molar-refractivity contribution in [1.82, 2.24) is 4.57 Å². The lowest BCUT2D eigenvalue weighted by Crippen LogP contribution is -1.95. The summed E-state index contributed by atoms with van der Waals surface area (Å²) in [6, 6.07) is 12.2. The Hall–Kier alpha value is -2.05. The molecule has 0 aliphatic heterocycles. The number of hydrogen-bond acceptors (Lipinski definition) is 2. The van der Waals surface area contributed by atoms with Crippen LogP contribution in [0.2, 0.25) is 0 Å². The third-order valence-electron chi connectivity index (χ3n) is 2.83. The Balaban J connectivity index is 2.04. The highest BCUT2D eigenvalue weighted by atomic mass is 32.1. The molecule has 0 saturated carbocycles. The normalized spacial score (nSPS) is 10.5. The summed E-state index contributed by atoms with van der Waals surface area (Å²) < 4.78 is 2.21. The highest BCUT2D eigenvalue weighted by Crippen LogP contribution is 2.19. The molecule has 3 heteroatoms. The van der Waals surface area contributed by atoms with Gasteiger partial charge in [0.1, 0.15) is 0 Å². The summed E-state index contributed by atoms with van der Waals surface area (Å²) in [5.74, 6) is 0. The zero-order valence-electron chi connectivity index (χ0n) is 9.13. The fourth-order valence-electron chi connectivity index (χ4n) is 1.99. The van der Waals surface area contributed by atoms with Crippen molar-refractivity contribution in [2.24, 2.45) is 0 Å². The second-order valence-electron chi connectivity index (χ2n) is 3.96. The minimum absolute atomic E-state index is 0.714. The van der Waals surface area contributed by atoms with E-state index in [1.807, 2.05) is 18.2 Å². The molecule has 0 saturated heterocycles. The number of hydrogen-bond donors (Lipinski definition) is 0. The molecule has 0 aliphatic carbocycles. The Kier molecular flexibility index (Phi) is 2.43. The van der Waals surface area contributed by atoms with Crippen molar-refractivity contribution in [2.45, 2.75) is 6.54 Å². The van der Waals surface area contributed by atoms with Gasteiger partial charge in [0.2, 0.25) is 0 Å². The molecule has 0 unspecified atom stereocenters. The molecule has 0 aliphatic rings. The van der Waals surface area contributed by atoms with E-state index in [1.54, 1.807) is 11.3 Å². The lowest BCUT2D eigenvalue weighted by molar-refractivity contribution is 0.840. The average Bonchev–Trinajstić information content (AvgIpc) is 2.99. The fourth-order valence-corrected chi connectivity index (χ4v) is 2.65. The maximum absolute atomic E-state index is 8.86. The summed E-state index contributed by atoms with van der Waals surface area (Å²) in [5.41, 5.74) is 3.21. The van der Waals surface area contributed by atoms with E-state index in [1.165, 1.54) is 11.1 Å². The van der Waals surface area contributed by atoms with Crippen molar-refractivity contribution in [1.29, 1.82) is 5.26 Å². The highest BCUT2D eigenvalue weighted by Gasteiger charge is 2.03. The summed E-state index contributed by atoms with van der Waals surface area (Å²) in [5, 5.41) is 14.2. The van der Waals surface area contributed by atoms with Gasteiger partial charge in [-0.2, -0.15) is 16.6 Å². The van der Waals surface area contributed by atoms with Crippen molar-refractivity contribution in [3.8, 4) is 6.07 Å². The van der Waals surface area contributed by atoms with Gasteiger partial charge in [-0.3, -0.25) is 0 Å². The van der Waals surface area contributed by atoms with Crippen molar-refractivity contribution in [3.05, 3.63) is 58.4 Å². The van der Waals surface area contributed by atoms with Gasteiger partial charge in [-0.25, -0.2) is 0 Å². The van der Waals surface area contributed by atoms with Crippen molar-refractivity contribution < 1.29 is 0 Å². The lowest BCUT2D eigenvalue weighted by atomic mass is 10.2. The zero-order valence-corrected chi connectivity index (χ0v) is 9.95. The predicted molar refractivity (Wildman–Crippen MR) is 70.1 cm³/mol. The number of fused-ring (bicyclic) bond motifs is 1. The minimum atomic E-state index is 0.714. The molecule has 3 aromatic rings. The third kappa shape index (κ3) is 1.83. The maximum Gasteiger partial charge on any atom is 0.0991 e. The standard InChI is InChI=1S/C14H10N2S/c15-8-11-1-2-14-13(7-11)3-5-16(14)9-12-4-6-17-10-12/h1-7,10H,9H2. The Morgan fingerprint density at radius 1 is 1.24 bits per heavy atom. The summed E-state index contributed by atoms with van der Waals surface area (Å²) in [6.45, 7) is 0.888. The van der Waals surface area contributed by atoms with Gasteiger partial charge < -0.3 is 4.57 Å². The molecule has 0 bridgehead atoms. The van der Waals surface area contributed by atoms with Crippen LogP contribution in [0.15, 0.2) is 47.3 Å². The summed E-state index contributed by atoms with van der Waals surface area (Å²) in [6.07, 6.45) is 2.07. The Bertz CT molecular complexity index is 687. The molecule has 0 fully saturated rings. The van der Waals surface area contributed by atoms with Crippen LogP contribution in [0.25, 0.3) is 10.9 Å². The molecular weight excluding hydrogens is 228 g/mol. The molecule has 2 aromatic heterocycles. The summed E-state index contributed by atoms with van der Waals surface area (Å²) in [7, 11) is 0. The van der Waals surface area contributed by atoms with Crippen LogP contribution in [0.5, 0.6) is 0 Å². The Labute approximate surface area is 103 Å². The quantitative estimate of drug-likeness (QED) is 0.670. The van der Waals surface area contributed by atoms with E-state index in [4.69, 9.17) is 5.26 Å². The van der Waals surface area contributed by atoms with Gasteiger partial charge in [-0.1, -0.05) is 0 Å². The van der Waals surface area contributed by atoms with Crippen LogP contribution in [-0.2, 0) is 6.54 Å². The van der Waals surface area contributed by atoms with Gasteiger partial charge in [0.05, 0.1) is 11.6 Å². The zero-order chi connectivity index (χ0) is 11.7. The van der Waals surface area contributed by atoms with Gasteiger partial charge >= 0.3 is 0 Å². The molecule has 82 valence electrons. The first-order valence-electron chi connectivity index (χ1n) is 5.37. The third-order valence-corrected chi connectivity index (χ3v) is 3.57. The van der Waals surface area contributed by atoms with E-state index in [2.05, 4.69) is 39.7 Å². The number of nitriles is 1. The Morgan fingerprint density at radius 3 is 2.94 bits per heavy atom. The second kappa shape index (κ2) is 4.08. The van der Waals surface area contributed by atoms with Crippen molar-refractivity contribution >= 4 is 22.2 Å². The van der Waals surface area contributed by atoms with Gasteiger partial charge in [0.25, 0.3) is 0 Å². The number of rotatable bonds is 2. The Morgan fingerprint density at radius 2 is 2.18 bits per heavy atom. The van der Waals surface area contributed by atoms with Gasteiger partial charge in [-0.15, -0.1) is 0 Å². The molecule has 0 atom stereocenters. The number of benzene rings is 1. The van der Waals surface area contributed by atoms with Crippen LogP contribution in [0, 0.1) is 11.3 Å². The molecule has 0 N–H and O–H groups in total. The van der Waals surface area contributed by atoms with Crippen LogP contribution in [0.3, 0.4) is 0 Å². The van der Waals surface area contributed by atoms with E-state index in [0.29, 0.717) is 5.56 Å². The minimum Gasteiger partial charge on any atom is -0.343 e. The first kappa shape index (κ1) is 10.1. The molecule has 1 aromatic carbocycles. The van der Waals surface area contributed by atoms with Gasteiger partial charge in [-0.05, 0) is 46.7 Å². The van der Waals surface area contributed by atoms with Crippen LogP contribution in [0.1, 0.15) is 11.1 Å². The van der Waals surface area contributed by atoms with Crippen molar-refractivity contribution in [2.75, 3.05) is 0 Å². The van der Waals surface area contributed by atoms with Crippen LogP contribution in [0.4, 0.5) is 0 Å². The van der Waals surface area contributed by atoms with Gasteiger partial charge in [0, 0.05) is 23.6 Å². The molecule has 17 heavy (non-hydrogen) atoms. The SMILES string of the molecule is N#Cc1ccc2c(ccn2Cc2ccsc2)c1. The van der Waals surface area contributed by atoms with E-state index in [9.17, 15) is 0 Å². The van der Waals surface area contributed by atoms with E-state index < -0.39 is 0 Å². The highest BCUT2D eigenvalue weighted by molar-refractivity contribution is 7.07. The van der Waals surface area contributed by atoms with Crippen molar-refractivity contribution in [3.63, 3.8) is 0 Å². The average molecular weight is 238 g/mol. The molecule has 2 heterocycles. The topological polar surface area (TPSA) is 28.7 Å². The number of aromatic nitrogens is 1.